The van der Waals surface area contributed by atoms with Crippen LogP contribution in [0.4, 0.5) is 0 Å². The molecular formula is C22H29NO4. The van der Waals surface area contributed by atoms with Crippen LogP contribution in [-0.2, 0) is 4.79 Å². The first-order chi connectivity index (χ1) is 12.9. The van der Waals surface area contributed by atoms with Crippen molar-refractivity contribution in [3.05, 3.63) is 54.1 Å². The van der Waals surface area contributed by atoms with Crippen molar-refractivity contribution < 1.29 is 19.0 Å². The molecule has 5 nitrogen and oxygen atoms in total. The predicted molar refractivity (Wildman–Crippen MR) is 106 cm³/mol. The van der Waals surface area contributed by atoms with E-state index in [-0.39, 0.29) is 11.9 Å². The first-order valence-electron chi connectivity index (χ1n) is 9.18. The fraction of sp³-hybridized carbons (Fsp3) is 0.409. The summed E-state index contributed by atoms with van der Waals surface area (Å²) in [6.45, 7) is 6.03. The molecule has 0 bridgehead atoms. The third-order valence-corrected chi connectivity index (χ3v) is 4.28. The minimum Gasteiger partial charge on any atom is -0.497 e. The van der Waals surface area contributed by atoms with E-state index in [2.05, 4.69) is 19.2 Å². The number of nitrogens with one attached hydrogen (secondary N) is 1. The van der Waals surface area contributed by atoms with E-state index in [1.54, 1.807) is 45.4 Å². The normalized spacial score (nSPS) is 13.0. The Morgan fingerprint density at radius 2 is 1.33 bits per heavy atom. The Kier molecular flexibility index (Phi) is 7.53. The van der Waals surface area contributed by atoms with Gasteiger partial charge in [-0.05, 0) is 61.2 Å². The molecule has 0 heterocycles. The van der Waals surface area contributed by atoms with Gasteiger partial charge in [-0.1, -0.05) is 26.0 Å². The number of carbonyl (C=O) groups is 1. The molecule has 0 aliphatic heterocycles. The van der Waals surface area contributed by atoms with Crippen LogP contribution in [0.2, 0.25) is 0 Å². The number of methoxy groups -OCH3 is 2. The van der Waals surface area contributed by atoms with Gasteiger partial charge >= 0.3 is 0 Å². The van der Waals surface area contributed by atoms with Gasteiger partial charge in [-0.2, -0.15) is 0 Å². The van der Waals surface area contributed by atoms with Crippen LogP contribution in [0.15, 0.2) is 48.5 Å². The maximum absolute atomic E-state index is 12.7. The van der Waals surface area contributed by atoms with Crippen LogP contribution in [0.1, 0.15) is 38.8 Å². The standard InChI is InChI=1S/C22H29NO4/c1-15(2)14-21(17-6-8-18(25-4)9-7-17)23-22(24)16(3)27-20-12-10-19(26-5)11-13-20/h6-13,15-16,21H,14H2,1-5H3,(H,23,24)/t16-,21-/m1/s1. The quantitative estimate of drug-likeness (QED) is 0.711. The van der Waals surface area contributed by atoms with E-state index in [0.717, 1.165) is 23.5 Å². The highest BCUT2D eigenvalue weighted by Gasteiger charge is 2.21. The molecule has 0 unspecified atom stereocenters. The van der Waals surface area contributed by atoms with E-state index in [1.165, 1.54) is 0 Å². The molecule has 146 valence electrons. The van der Waals surface area contributed by atoms with Crippen LogP contribution < -0.4 is 19.5 Å². The van der Waals surface area contributed by atoms with Gasteiger partial charge in [-0.3, -0.25) is 4.79 Å². The molecule has 0 saturated heterocycles. The van der Waals surface area contributed by atoms with Crippen LogP contribution in [-0.4, -0.2) is 26.2 Å². The number of amides is 1. The smallest absolute Gasteiger partial charge is 0.261 e. The zero-order chi connectivity index (χ0) is 19.8. The molecule has 1 amide bonds. The van der Waals surface area contributed by atoms with Gasteiger partial charge in [0.05, 0.1) is 20.3 Å². The molecule has 0 fully saturated rings. The molecule has 2 rings (SSSR count). The SMILES string of the molecule is COc1ccc(O[C@H](C)C(=O)N[C@H](CC(C)C)c2ccc(OC)cc2)cc1. The topological polar surface area (TPSA) is 56.8 Å². The van der Waals surface area contributed by atoms with Gasteiger partial charge < -0.3 is 19.5 Å². The second-order valence-electron chi connectivity index (χ2n) is 6.90. The summed E-state index contributed by atoms with van der Waals surface area (Å²) >= 11 is 0. The number of hydrogen-bond donors (Lipinski definition) is 1. The Bertz CT molecular complexity index is 710. The Morgan fingerprint density at radius 1 is 0.852 bits per heavy atom. The number of carbonyl (C=O) groups excluding carboxylic acids is 1. The minimum atomic E-state index is -0.605. The second kappa shape index (κ2) is 9.86. The third kappa shape index (κ3) is 6.20. The van der Waals surface area contributed by atoms with Crippen LogP contribution in [0.5, 0.6) is 17.2 Å². The lowest BCUT2D eigenvalue weighted by molar-refractivity contribution is -0.128. The van der Waals surface area contributed by atoms with Gasteiger partial charge in [0.2, 0.25) is 0 Å². The molecule has 0 spiro atoms. The molecule has 1 N–H and O–H groups in total. The summed E-state index contributed by atoms with van der Waals surface area (Å²) in [5.41, 5.74) is 1.05. The molecule has 0 aliphatic rings. The molecule has 5 heteroatoms. The van der Waals surface area contributed by atoms with Crippen molar-refractivity contribution in [1.82, 2.24) is 5.32 Å². The molecule has 2 atom stereocenters. The highest BCUT2D eigenvalue weighted by atomic mass is 16.5. The first-order valence-corrected chi connectivity index (χ1v) is 9.18. The molecule has 0 aliphatic carbocycles. The molecular weight excluding hydrogens is 342 g/mol. The fourth-order valence-electron chi connectivity index (χ4n) is 2.79. The molecule has 0 radical (unpaired) electrons. The lowest BCUT2D eigenvalue weighted by Gasteiger charge is -2.24. The van der Waals surface area contributed by atoms with Gasteiger partial charge in [0.25, 0.3) is 5.91 Å². The molecule has 2 aromatic carbocycles. The summed E-state index contributed by atoms with van der Waals surface area (Å²) in [4.78, 5) is 12.7. The Morgan fingerprint density at radius 3 is 1.81 bits per heavy atom. The van der Waals surface area contributed by atoms with E-state index < -0.39 is 6.10 Å². The zero-order valence-electron chi connectivity index (χ0n) is 16.7. The number of benzene rings is 2. The highest BCUT2D eigenvalue weighted by molar-refractivity contribution is 5.81. The second-order valence-corrected chi connectivity index (χ2v) is 6.90. The van der Waals surface area contributed by atoms with E-state index in [0.29, 0.717) is 11.7 Å². The molecule has 2 aromatic rings. The monoisotopic (exact) mass is 371 g/mol. The van der Waals surface area contributed by atoms with Crippen molar-refractivity contribution >= 4 is 5.91 Å². The van der Waals surface area contributed by atoms with Crippen LogP contribution in [0.3, 0.4) is 0 Å². The third-order valence-electron chi connectivity index (χ3n) is 4.28. The van der Waals surface area contributed by atoms with Crippen molar-refractivity contribution in [1.29, 1.82) is 0 Å². The van der Waals surface area contributed by atoms with E-state index in [1.807, 2.05) is 24.3 Å². The Balaban J connectivity index is 2.04. The van der Waals surface area contributed by atoms with Gasteiger partial charge in [0, 0.05) is 0 Å². The molecule has 0 aromatic heterocycles. The van der Waals surface area contributed by atoms with Gasteiger partial charge in [-0.15, -0.1) is 0 Å². The van der Waals surface area contributed by atoms with Gasteiger partial charge in [-0.25, -0.2) is 0 Å². The first kappa shape index (κ1) is 20.6. The van der Waals surface area contributed by atoms with Crippen molar-refractivity contribution in [2.75, 3.05) is 14.2 Å². The number of ether oxygens (including phenoxy) is 3. The van der Waals surface area contributed by atoms with E-state index in [9.17, 15) is 4.79 Å². The fourth-order valence-corrected chi connectivity index (χ4v) is 2.79. The summed E-state index contributed by atoms with van der Waals surface area (Å²) in [6.07, 6.45) is 0.235. The van der Waals surface area contributed by atoms with E-state index >= 15 is 0 Å². The number of hydrogen-bond acceptors (Lipinski definition) is 4. The average Bonchev–Trinajstić information content (AvgIpc) is 2.67. The minimum absolute atomic E-state index is 0.0784. The van der Waals surface area contributed by atoms with Crippen molar-refractivity contribution in [3.63, 3.8) is 0 Å². The lowest BCUT2D eigenvalue weighted by Crippen LogP contribution is -2.39. The lowest BCUT2D eigenvalue weighted by atomic mass is 9.96. The Labute approximate surface area is 161 Å². The molecule has 0 saturated carbocycles. The summed E-state index contributed by atoms with van der Waals surface area (Å²) < 4.78 is 16.1. The predicted octanol–water partition coefficient (Wildman–Crippen LogP) is 4.37. The summed E-state index contributed by atoms with van der Waals surface area (Å²) in [5.74, 6) is 2.46. The van der Waals surface area contributed by atoms with Crippen LogP contribution >= 0.6 is 0 Å². The summed E-state index contributed by atoms with van der Waals surface area (Å²) in [5, 5.41) is 3.12. The van der Waals surface area contributed by atoms with Gasteiger partial charge in [0.1, 0.15) is 17.2 Å². The maximum atomic E-state index is 12.7. The average molecular weight is 371 g/mol. The van der Waals surface area contributed by atoms with Crippen LogP contribution in [0.25, 0.3) is 0 Å². The van der Waals surface area contributed by atoms with E-state index in [4.69, 9.17) is 14.2 Å². The maximum Gasteiger partial charge on any atom is 0.261 e. The van der Waals surface area contributed by atoms with Crippen molar-refractivity contribution in [2.24, 2.45) is 5.92 Å². The number of rotatable bonds is 9. The van der Waals surface area contributed by atoms with Gasteiger partial charge in [0.15, 0.2) is 6.10 Å². The summed E-state index contributed by atoms with van der Waals surface area (Å²) in [7, 11) is 3.25. The van der Waals surface area contributed by atoms with Crippen LogP contribution in [0, 0.1) is 5.92 Å². The summed E-state index contributed by atoms with van der Waals surface area (Å²) in [6, 6.07) is 14.9. The Hall–Kier alpha value is -2.69. The van der Waals surface area contributed by atoms with Crippen molar-refractivity contribution in [3.8, 4) is 17.2 Å². The molecule has 27 heavy (non-hydrogen) atoms. The largest absolute Gasteiger partial charge is 0.497 e. The highest BCUT2D eigenvalue weighted by Crippen LogP contribution is 2.24. The van der Waals surface area contributed by atoms with Crippen molar-refractivity contribution in [2.45, 2.75) is 39.3 Å². The zero-order valence-corrected chi connectivity index (χ0v) is 16.7.